The molecular weight excluding hydrogens is 264 g/mol. The minimum Gasteiger partial charge on any atom is -0.456 e. The molecule has 110 valence electrons. The molecule has 0 amide bonds. The van der Waals surface area contributed by atoms with Gasteiger partial charge in [-0.05, 0) is 30.9 Å². The van der Waals surface area contributed by atoms with Crippen molar-refractivity contribution in [2.45, 2.75) is 25.9 Å². The van der Waals surface area contributed by atoms with Crippen molar-refractivity contribution in [3.05, 3.63) is 53.9 Å². The van der Waals surface area contributed by atoms with Gasteiger partial charge in [-0.25, -0.2) is 4.79 Å². The molecule has 1 saturated heterocycles. The molecule has 0 aliphatic carbocycles. The molecule has 0 unspecified atom stereocenters. The van der Waals surface area contributed by atoms with E-state index in [0.29, 0.717) is 12.3 Å². The van der Waals surface area contributed by atoms with E-state index in [-0.39, 0.29) is 5.97 Å². The molecule has 21 heavy (non-hydrogen) atoms. The average molecular weight is 284 g/mol. The first kappa shape index (κ1) is 13.7. The first-order valence-corrected chi connectivity index (χ1v) is 7.47. The first-order valence-electron chi connectivity index (χ1n) is 7.47. The molecule has 1 aromatic carbocycles. The number of anilines is 1. The van der Waals surface area contributed by atoms with Crippen LogP contribution in [-0.2, 0) is 11.3 Å². The van der Waals surface area contributed by atoms with Gasteiger partial charge in [0.25, 0.3) is 0 Å². The number of aromatic nitrogens is 1. The summed E-state index contributed by atoms with van der Waals surface area (Å²) in [5, 5.41) is 0. The monoisotopic (exact) mass is 284 g/mol. The summed E-state index contributed by atoms with van der Waals surface area (Å²) in [5.41, 5.74) is 2.60. The molecule has 0 bridgehead atoms. The topological polar surface area (TPSA) is 45.3 Å². The Balaban J connectivity index is 1.59. The molecule has 1 aliphatic heterocycles. The molecule has 2 aromatic rings. The van der Waals surface area contributed by atoms with Crippen molar-refractivity contribution in [1.82, 2.24) is 4.98 Å². The molecule has 1 N–H and O–H groups in total. The second-order valence-corrected chi connectivity index (χ2v) is 5.38. The molecule has 0 radical (unpaired) electrons. The Morgan fingerprint density at radius 1 is 1.14 bits per heavy atom. The van der Waals surface area contributed by atoms with Crippen LogP contribution in [0.15, 0.2) is 42.6 Å². The maximum absolute atomic E-state index is 12.0. The maximum atomic E-state index is 12.0. The van der Waals surface area contributed by atoms with Crippen LogP contribution in [-0.4, -0.2) is 24.0 Å². The zero-order chi connectivity index (χ0) is 14.5. The van der Waals surface area contributed by atoms with Crippen LogP contribution in [0.25, 0.3) is 0 Å². The Kier molecular flexibility index (Phi) is 4.24. The second kappa shape index (κ2) is 6.48. The van der Waals surface area contributed by atoms with Gasteiger partial charge in [0.1, 0.15) is 12.3 Å². The Hall–Kier alpha value is -2.23. The molecule has 1 aliphatic rings. The van der Waals surface area contributed by atoms with Crippen molar-refractivity contribution in [3.63, 3.8) is 0 Å². The number of nitrogens with zero attached hydrogens (tertiary/aromatic N) is 1. The smallest absolute Gasteiger partial charge is 0.355 e. The van der Waals surface area contributed by atoms with E-state index in [1.807, 2.05) is 42.6 Å². The number of rotatable bonds is 4. The van der Waals surface area contributed by atoms with Gasteiger partial charge in [0, 0.05) is 19.3 Å². The number of carbonyl (C=O) groups excluding carboxylic acids is 1. The quantitative estimate of drug-likeness (QED) is 0.876. The van der Waals surface area contributed by atoms with Crippen LogP contribution in [0.2, 0.25) is 0 Å². The van der Waals surface area contributed by atoms with Gasteiger partial charge in [-0.1, -0.05) is 30.3 Å². The van der Waals surface area contributed by atoms with Crippen molar-refractivity contribution in [1.29, 1.82) is 0 Å². The molecular formula is C17H20N2O2. The number of ether oxygens (including phenoxy) is 1. The number of benzene rings is 1. The predicted octanol–water partition coefficient (Wildman–Crippen LogP) is 3.36. The standard InChI is InChI=1S/C17H20N2O2/c20-17(21-13-14-7-3-1-4-8-14)16-11-15(12-18-16)19-9-5-2-6-10-19/h1,3-4,7-8,11-12,18H,2,5-6,9-10,13H2. The summed E-state index contributed by atoms with van der Waals surface area (Å²) < 4.78 is 5.33. The molecule has 0 atom stereocenters. The zero-order valence-corrected chi connectivity index (χ0v) is 12.0. The van der Waals surface area contributed by atoms with Crippen LogP contribution in [0.5, 0.6) is 0 Å². The summed E-state index contributed by atoms with van der Waals surface area (Å²) in [6.45, 7) is 2.43. The lowest BCUT2D eigenvalue weighted by atomic mass is 10.1. The molecule has 2 heterocycles. The molecule has 0 saturated carbocycles. The Labute approximate surface area is 124 Å². The minimum atomic E-state index is -0.304. The van der Waals surface area contributed by atoms with Crippen molar-refractivity contribution in [2.75, 3.05) is 18.0 Å². The van der Waals surface area contributed by atoms with Crippen molar-refractivity contribution >= 4 is 11.7 Å². The highest BCUT2D eigenvalue weighted by molar-refractivity contribution is 5.88. The predicted molar refractivity (Wildman–Crippen MR) is 82.4 cm³/mol. The fraction of sp³-hybridized carbons (Fsp3) is 0.353. The fourth-order valence-electron chi connectivity index (χ4n) is 2.64. The molecule has 0 spiro atoms. The van der Waals surface area contributed by atoms with E-state index in [1.165, 1.54) is 19.3 Å². The number of esters is 1. The highest BCUT2D eigenvalue weighted by atomic mass is 16.5. The van der Waals surface area contributed by atoms with Crippen LogP contribution in [0, 0.1) is 0 Å². The molecule has 4 heteroatoms. The van der Waals surface area contributed by atoms with Gasteiger partial charge < -0.3 is 14.6 Å². The summed E-state index contributed by atoms with van der Waals surface area (Å²) in [4.78, 5) is 17.4. The third-order valence-corrected chi connectivity index (χ3v) is 3.82. The van der Waals surface area contributed by atoms with Gasteiger partial charge in [0.05, 0.1) is 5.69 Å². The third kappa shape index (κ3) is 3.45. The number of nitrogens with one attached hydrogen (secondary N) is 1. The third-order valence-electron chi connectivity index (χ3n) is 3.82. The van der Waals surface area contributed by atoms with Gasteiger partial charge in [-0.3, -0.25) is 0 Å². The van der Waals surface area contributed by atoms with Gasteiger partial charge in [-0.2, -0.15) is 0 Å². The minimum absolute atomic E-state index is 0.303. The summed E-state index contributed by atoms with van der Waals surface area (Å²) >= 11 is 0. The average Bonchev–Trinajstić information content (AvgIpc) is 3.04. The van der Waals surface area contributed by atoms with Crippen LogP contribution in [0.3, 0.4) is 0 Å². The zero-order valence-electron chi connectivity index (χ0n) is 12.0. The largest absolute Gasteiger partial charge is 0.456 e. The molecule has 1 aromatic heterocycles. The maximum Gasteiger partial charge on any atom is 0.355 e. The van der Waals surface area contributed by atoms with E-state index >= 15 is 0 Å². The van der Waals surface area contributed by atoms with E-state index < -0.39 is 0 Å². The van der Waals surface area contributed by atoms with Crippen molar-refractivity contribution < 1.29 is 9.53 Å². The van der Waals surface area contributed by atoms with Gasteiger partial charge >= 0.3 is 5.97 Å². The second-order valence-electron chi connectivity index (χ2n) is 5.38. The lowest BCUT2D eigenvalue weighted by molar-refractivity contribution is 0.0466. The number of carbonyl (C=O) groups is 1. The summed E-state index contributed by atoms with van der Waals surface area (Å²) in [5.74, 6) is -0.304. The Bertz CT molecular complexity index is 586. The van der Waals surface area contributed by atoms with E-state index in [1.54, 1.807) is 0 Å². The first-order chi connectivity index (χ1) is 10.3. The van der Waals surface area contributed by atoms with Crippen LogP contribution in [0.1, 0.15) is 35.3 Å². The van der Waals surface area contributed by atoms with E-state index in [9.17, 15) is 4.79 Å². The number of hydrogen-bond donors (Lipinski definition) is 1. The highest BCUT2D eigenvalue weighted by Crippen LogP contribution is 2.21. The van der Waals surface area contributed by atoms with Gasteiger partial charge in [-0.15, -0.1) is 0 Å². The van der Waals surface area contributed by atoms with Crippen molar-refractivity contribution in [2.24, 2.45) is 0 Å². The fourth-order valence-corrected chi connectivity index (χ4v) is 2.64. The van der Waals surface area contributed by atoms with Gasteiger partial charge in [0.15, 0.2) is 0 Å². The Morgan fingerprint density at radius 3 is 2.67 bits per heavy atom. The summed E-state index contributed by atoms with van der Waals surface area (Å²) in [6.07, 6.45) is 5.63. The van der Waals surface area contributed by atoms with Crippen LogP contribution < -0.4 is 4.90 Å². The number of hydrogen-bond acceptors (Lipinski definition) is 3. The lowest BCUT2D eigenvalue weighted by Gasteiger charge is -2.27. The number of H-pyrrole nitrogens is 1. The van der Waals surface area contributed by atoms with Crippen molar-refractivity contribution in [3.8, 4) is 0 Å². The van der Waals surface area contributed by atoms with Crippen LogP contribution >= 0.6 is 0 Å². The Morgan fingerprint density at radius 2 is 1.90 bits per heavy atom. The van der Waals surface area contributed by atoms with Gasteiger partial charge in [0.2, 0.25) is 0 Å². The van der Waals surface area contributed by atoms with E-state index in [0.717, 1.165) is 24.3 Å². The summed E-state index contributed by atoms with van der Waals surface area (Å²) in [7, 11) is 0. The molecule has 1 fully saturated rings. The highest BCUT2D eigenvalue weighted by Gasteiger charge is 2.15. The lowest BCUT2D eigenvalue weighted by Crippen LogP contribution is -2.28. The normalized spacial score (nSPS) is 15.0. The van der Waals surface area contributed by atoms with E-state index in [4.69, 9.17) is 4.74 Å². The summed E-state index contributed by atoms with van der Waals surface area (Å²) in [6, 6.07) is 11.6. The van der Waals surface area contributed by atoms with E-state index in [2.05, 4.69) is 9.88 Å². The molecule has 3 rings (SSSR count). The SMILES string of the molecule is O=C(OCc1ccccc1)c1cc(N2CCCCC2)c[nH]1. The molecule has 4 nitrogen and oxygen atoms in total. The van der Waals surface area contributed by atoms with Crippen LogP contribution in [0.4, 0.5) is 5.69 Å². The number of aromatic amines is 1. The number of piperidine rings is 1.